The molecule has 8 heteroatoms. The number of carbonyl (C=O) groups excluding carboxylic acids is 3. The molecule has 0 aliphatic heterocycles. The Kier molecular flexibility index (Phi) is 5.41. The number of ether oxygens (including phenoxy) is 2. The van der Waals surface area contributed by atoms with Crippen molar-refractivity contribution in [2.24, 2.45) is 0 Å². The van der Waals surface area contributed by atoms with Crippen LogP contribution in [0.5, 0.6) is 0 Å². The van der Waals surface area contributed by atoms with E-state index >= 15 is 0 Å². The first-order chi connectivity index (χ1) is 12.5. The van der Waals surface area contributed by atoms with Gasteiger partial charge in [-0.15, -0.1) is 11.3 Å². The second-order valence-electron chi connectivity index (χ2n) is 5.92. The second kappa shape index (κ2) is 7.74. The summed E-state index contributed by atoms with van der Waals surface area (Å²) >= 11 is 1.38. The van der Waals surface area contributed by atoms with Crippen LogP contribution in [0.4, 0.5) is 5.00 Å². The molecule has 1 aliphatic carbocycles. The zero-order valence-electron chi connectivity index (χ0n) is 14.5. The Hall–Kier alpha value is -2.61. The molecule has 26 heavy (non-hydrogen) atoms. The van der Waals surface area contributed by atoms with Crippen molar-refractivity contribution in [2.45, 2.75) is 32.6 Å². The van der Waals surface area contributed by atoms with Crippen LogP contribution in [0.2, 0.25) is 0 Å². The van der Waals surface area contributed by atoms with Crippen LogP contribution in [0, 0.1) is 6.92 Å². The SMILES string of the molecule is COC(=O)c1c(NC(=O)COC(=O)c2ccoc2C)sc2c1CCCC2. The fraction of sp³-hybridized carbons (Fsp3) is 0.389. The van der Waals surface area contributed by atoms with Gasteiger partial charge in [-0.05, 0) is 44.2 Å². The van der Waals surface area contributed by atoms with Gasteiger partial charge in [-0.3, -0.25) is 4.79 Å². The lowest BCUT2D eigenvalue weighted by atomic mass is 9.95. The van der Waals surface area contributed by atoms with Gasteiger partial charge in [-0.2, -0.15) is 0 Å². The normalized spacial score (nSPS) is 13.0. The Morgan fingerprint density at radius 2 is 2.00 bits per heavy atom. The summed E-state index contributed by atoms with van der Waals surface area (Å²) in [6.07, 6.45) is 5.12. The zero-order chi connectivity index (χ0) is 18.7. The molecule has 0 unspecified atom stereocenters. The van der Waals surface area contributed by atoms with Gasteiger partial charge in [-0.1, -0.05) is 0 Å². The number of esters is 2. The lowest BCUT2D eigenvalue weighted by Crippen LogP contribution is -2.22. The first-order valence-corrected chi connectivity index (χ1v) is 9.06. The molecule has 3 rings (SSSR count). The molecule has 0 bridgehead atoms. The molecule has 1 N–H and O–H groups in total. The summed E-state index contributed by atoms with van der Waals surface area (Å²) < 4.78 is 14.9. The Bertz CT molecular complexity index is 850. The Morgan fingerprint density at radius 1 is 1.23 bits per heavy atom. The lowest BCUT2D eigenvalue weighted by Gasteiger charge is -2.11. The second-order valence-corrected chi connectivity index (χ2v) is 7.03. The number of hydrogen-bond donors (Lipinski definition) is 1. The molecule has 0 atom stereocenters. The van der Waals surface area contributed by atoms with Crippen LogP contribution in [0.25, 0.3) is 0 Å². The Morgan fingerprint density at radius 3 is 2.69 bits per heavy atom. The maximum atomic E-state index is 12.2. The van der Waals surface area contributed by atoms with Crippen LogP contribution >= 0.6 is 11.3 Å². The third-order valence-electron chi connectivity index (χ3n) is 4.23. The topological polar surface area (TPSA) is 94.8 Å². The fourth-order valence-corrected chi connectivity index (χ4v) is 4.23. The van der Waals surface area contributed by atoms with Gasteiger partial charge in [0.2, 0.25) is 0 Å². The molecule has 0 saturated heterocycles. The summed E-state index contributed by atoms with van der Waals surface area (Å²) in [6, 6.07) is 1.48. The molecule has 7 nitrogen and oxygen atoms in total. The summed E-state index contributed by atoms with van der Waals surface area (Å²) in [6.45, 7) is 1.18. The highest BCUT2D eigenvalue weighted by Gasteiger charge is 2.27. The molecule has 0 radical (unpaired) electrons. The smallest absolute Gasteiger partial charge is 0.342 e. The molecule has 2 aromatic rings. The van der Waals surface area contributed by atoms with Crippen molar-refractivity contribution in [3.05, 3.63) is 39.7 Å². The number of hydrogen-bond acceptors (Lipinski definition) is 7. The maximum absolute atomic E-state index is 12.2. The van der Waals surface area contributed by atoms with Gasteiger partial charge in [0.25, 0.3) is 5.91 Å². The molecular weight excluding hydrogens is 358 g/mol. The first-order valence-electron chi connectivity index (χ1n) is 8.25. The van der Waals surface area contributed by atoms with Crippen molar-refractivity contribution in [3.63, 3.8) is 0 Å². The largest absolute Gasteiger partial charge is 0.469 e. The fourth-order valence-electron chi connectivity index (χ4n) is 2.94. The number of furan rings is 1. The van der Waals surface area contributed by atoms with E-state index in [1.807, 2.05) is 0 Å². The van der Waals surface area contributed by atoms with Crippen molar-refractivity contribution < 1.29 is 28.3 Å². The number of rotatable bonds is 5. The van der Waals surface area contributed by atoms with E-state index in [4.69, 9.17) is 13.9 Å². The van der Waals surface area contributed by atoms with E-state index in [1.165, 1.54) is 30.8 Å². The monoisotopic (exact) mass is 377 g/mol. The minimum atomic E-state index is -0.634. The van der Waals surface area contributed by atoms with Crippen LogP contribution < -0.4 is 5.32 Å². The number of carbonyl (C=O) groups is 3. The average Bonchev–Trinajstić information content (AvgIpc) is 3.22. The average molecular weight is 377 g/mol. The molecule has 0 aromatic carbocycles. The molecule has 0 fully saturated rings. The summed E-state index contributed by atoms with van der Waals surface area (Å²) in [5, 5.41) is 3.12. The van der Waals surface area contributed by atoms with Crippen LogP contribution in [0.3, 0.4) is 0 Å². The number of thiophene rings is 1. The number of anilines is 1. The van der Waals surface area contributed by atoms with E-state index in [0.717, 1.165) is 36.1 Å². The van der Waals surface area contributed by atoms with E-state index in [0.29, 0.717) is 16.3 Å². The zero-order valence-corrected chi connectivity index (χ0v) is 15.4. The first kappa shape index (κ1) is 18.2. The molecule has 1 aliphatic rings. The van der Waals surface area contributed by atoms with Gasteiger partial charge in [0.15, 0.2) is 6.61 Å². The van der Waals surface area contributed by atoms with E-state index in [-0.39, 0.29) is 5.56 Å². The maximum Gasteiger partial charge on any atom is 0.342 e. The molecule has 2 aromatic heterocycles. The van der Waals surface area contributed by atoms with Crippen molar-refractivity contribution >= 4 is 34.2 Å². The summed E-state index contributed by atoms with van der Waals surface area (Å²) in [4.78, 5) is 37.4. The van der Waals surface area contributed by atoms with E-state index in [9.17, 15) is 14.4 Å². The van der Waals surface area contributed by atoms with E-state index < -0.39 is 24.5 Å². The van der Waals surface area contributed by atoms with Crippen molar-refractivity contribution in [3.8, 4) is 0 Å². The molecule has 0 spiro atoms. The van der Waals surface area contributed by atoms with Gasteiger partial charge in [0.05, 0.1) is 18.9 Å². The number of methoxy groups -OCH3 is 1. The van der Waals surface area contributed by atoms with Crippen LogP contribution in [-0.4, -0.2) is 31.6 Å². The summed E-state index contributed by atoms with van der Waals surface area (Å²) in [7, 11) is 1.32. The highest BCUT2D eigenvalue weighted by molar-refractivity contribution is 7.17. The highest BCUT2D eigenvalue weighted by atomic mass is 32.1. The summed E-state index contributed by atoms with van der Waals surface area (Å²) in [5.41, 5.74) is 1.65. The van der Waals surface area contributed by atoms with E-state index in [2.05, 4.69) is 5.32 Å². The van der Waals surface area contributed by atoms with Gasteiger partial charge >= 0.3 is 11.9 Å². The van der Waals surface area contributed by atoms with Crippen LogP contribution in [0.15, 0.2) is 16.7 Å². The standard InChI is InChI=1S/C18H19NO6S/c1-10-11(7-8-24-10)17(21)25-9-14(20)19-16-15(18(22)23-2)12-5-3-4-6-13(12)26-16/h7-8H,3-6,9H2,1-2H3,(H,19,20). The predicted octanol–water partition coefficient (Wildman–Crippen LogP) is 3.11. The van der Waals surface area contributed by atoms with Gasteiger partial charge in [0.1, 0.15) is 16.3 Å². The van der Waals surface area contributed by atoms with Crippen molar-refractivity contribution in [1.82, 2.24) is 0 Å². The van der Waals surface area contributed by atoms with Crippen molar-refractivity contribution in [2.75, 3.05) is 19.0 Å². The Labute approximate surface area is 154 Å². The number of nitrogens with one attached hydrogen (secondary N) is 1. The third-order valence-corrected chi connectivity index (χ3v) is 5.43. The van der Waals surface area contributed by atoms with Crippen LogP contribution in [-0.2, 0) is 27.1 Å². The predicted molar refractivity (Wildman–Crippen MR) is 94.7 cm³/mol. The molecule has 138 valence electrons. The van der Waals surface area contributed by atoms with Gasteiger partial charge in [-0.25, -0.2) is 9.59 Å². The number of fused-ring (bicyclic) bond motifs is 1. The van der Waals surface area contributed by atoms with Gasteiger partial charge < -0.3 is 19.2 Å². The minimum Gasteiger partial charge on any atom is -0.469 e. The number of aryl methyl sites for hydroxylation is 2. The van der Waals surface area contributed by atoms with Gasteiger partial charge in [0, 0.05) is 4.88 Å². The van der Waals surface area contributed by atoms with E-state index in [1.54, 1.807) is 6.92 Å². The highest BCUT2D eigenvalue weighted by Crippen LogP contribution is 2.38. The quantitative estimate of drug-likeness (QED) is 0.805. The minimum absolute atomic E-state index is 0.277. The summed E-state index contributed by atoms with van der Waals surface area (Å²) in [5.74, 6) is -1.19. The Balaban J connectivity index is 1.69. The molecule has 1 amide bonds. The number of amides is 1. The molecule has 2 heterocycles. The van der Waals surface area contributed by atoms with Crippen molar-refractivity contribution in [1.29, 1.82) is 0 Å². The lowest BCUT2D eigenvalue weighted by molar-refractivity contribution is -0.119. The van der Waals surface area contributed by atoms with Crippen LogP contribution in [0.1, 0.15) is 49.8 Å². The molecular formula is C18H19NO6S. The molecule has 0 saturated carbocycles. The third kappa shape index (κ3) is 3.65.